The van der Waals surface area contributed by atoms with Crippen LogP contribution in [0.1, 0.15) is 12.5 Å². The van der Waals surface area contributed by atoms with Crippen molar-refractivity contribution in [2.45, 2.75) is 24.4 Å². The summed E-state index contributed by atoms with van der Waals surface area (Å²) in [5.41, 5.74) is 1.98. The topological polar surface area (TPSA) is 32.3 Å². The molecule has 23 heavy (non-hydrogen) atoms. The first-order chi connectivity index (χ1) is 11.0. The van der Waals surface area contributed by atoms with Crippen molar-refractivity contribution >= 4 is 35.0 Å². The van der Waals surface area contributed by atoms with Gasteiger partial charge in [0.05, 0.1) is 11.7 Å². The Morgan fingerprint density at radius 2 is 1.87 bits per heavy atom. The van der Waals surface area contributed by atoms with Gasteiger partial charge in [-0.1, -0.05) is 35.9 Å². The van der Waals surface area contributed by atoms with Gasteiger partial charge >= 0.3 is 0 Å². The highest BCUT2D eigenvalue weighted by Gasteiger charge is 2.19. The van der Waals surface area contributed by atoms with Crippen LogP contribution in [0.2, 0.25) is 5.02 Å². The summed E-state index contributed by atoms with van der Waals surface area (Å²) in [5.74, 6) is -0.0111. The Balaban J connectivity index is 1.99. The molecule has 0 bridgehead atoms. The van der Waals surface area contributed by atoms with Crippen LogP contribution in [0.3, 0.4) is 0 Å². The number of hydrogen-bond donors (Lipinski definition) is 1. The molecule has 1 amide bonds. The summed E-state index contributed by atoms with van der Waals surface area (Å²) in [7, 11) is 1.94. The molecule has 0 aliphatic carbocycles. The average Bonchev–Trinajstić information content (AvgIpc) is 2.56. The number of thioether (sulfide) groups is 1. The summed E-state index contributed by atoms with van der Waals surface area (Å²) in [6.45, 7) is 2.60. The molecule has 2 aromatic rings. The fraction of sp³-hybridized carbons (Fsp3) is 0.278. The monoisotopic (exact) mass is 348 g/mol. The SMILES string of the molecule is CSc1ccccc1NC(=O)C(C)N(C)Cc1ccc(Cl)cc1. The van der Waals surface area contributed by atoms with Gasteiger partial charge in [-0.15, -0.1) is 11.8 Å². The molecule has 0 saturated carbocycles. The first-order valence-electron chi connectivity index (χ1n) is 7.40. The van der Waals surface area contributed by atoms with Crippen molar-refractivity contribution in [3.63, 3.8) is 0 Å². The Labute approximate surface area is 147 Å². The van der Waals surface area contributed by atoms with E-state index < -0.39 is 0 Å². The van der Waals surface area contributed by atoms with Crippen LogP contribution in [0.15, 0.2) is 53.4 Å². The average molecular weight is 349 g/mol. The summed E-state index contributed by atoms with van der Waals surface area (Å²) < 4.78 is 0. The number of anilines is 1. The summed E-state index contributed by atoms with van der Waals surface area (Å²) in [6.07, 6.45) is 2.00. The fourth-order valence-electron chi connectivity index (χ4n) is 2.20. The smallest absolute Gasteiger partial charge is 0.241 e. The first-order valence-corrected chi connectivity index (χ1v) is 9.00. The number of carbonyl (C=O) groups is 1. The van der Waals surface area contributed by atoms with Gasteiger partial charge in [0, 0.05) is 16.5 Å². The molecule has 0 spiro atoms. The van der Waals surface area contributed by atoms with E-state index in [-0.39, 0.29) is 11.9 Å². The second kappa shape index (κ2) is 8.39. The van der Waals surface area contributed by atoms with E-state index in [4.69, 9.17) is 11.6 Å². The number of likely N-dealkylation sites (N-methyl/N-ethyl adjacent to an activating group) is 1. The van der Waals surface area contributed by atoms with Crippen LogP contribution in [0.4, 0.5) is 5.69 Å². The minimum absolute atomic E-state index is 0.0111. The molecule has 1 atom stereocenters. The number of nitrogens with one attached hydrogen (secondary N) is 1. The van der Waals surface area contributed by atoms with Crippen LogP contribution in [0, 0.1) is 0 Å². The van der Waals surface area contributed by atoms with E-state index in [9.17, 15) is 4.79 Å². The van der Waals surface area contributed by atoms with Crippen LogP contribution in [-0.2, 0) is 11.3 Å². The maximum Gasteiger partial charge on any atom is 0.241 e. The van der Waals surface area contributed by atoms with Crippen molar-refractivity contribution in [3.8, 4) is 0 Å². The Morgan fingerprint density at radius 1 is 1.22 bits per heavy atom. The summed E-state index contributed by atoms with van der Waals surface area (Å²) in [4.78, 5) is 15.6. The summed E-state index contributed by atoms with van der Waals surface area (Å²) in [6, 6.07) is 15.3. The molecular formula is C18H21ClN2OS. The Hall–Kier alpha value is -1.49. The minimum atomic E-state index is -0.236. The van der Waals surface area contributed by atoms with Gasteiger partial charge in [0.1, 0.15) is 0 Å². The largest absolute Gasteiger partial charge is 0.324 e. The standard InChI is InChI=1S/C18H21ClN2OS/c1-13(21(2)12-14-8-10-15(19)11-9-14)18(22)20-16-6-4-5-7-17(16)23-3/h4-11,13H,12H2,1-3H3,(H,20,22). The summed E-state index contributed by atoms with van der Waals surface area (Å²) in [5, 5.41) is 3.73. The van der Waals surface area contributed by atoms with E-state index in [1.165, 1.54) is 0 Å². The Bertz CT molecular complexity index is 660. The van der Waals surface area contributed by atoms with E-state index in [0.717, 1.165) is 21.2 Å². The molecule has 0 aromatic heterocycles. The van der Waals surface area contributed by atoms with Gasteiger partial charge in [0.15, 0.2) is 0 Å². The van der Waals surface area contributed by atoms with E-state index in [0.29, 0.717) is 6.54 Å². The molecule has 122 valence electrons. The number of rotatable bonds is 6. The van der Waals surface area contributed by atoms with Gasteiger partial charge in [-0.2, -0.15) is 0 Å². The third kappa shape index (κ3) is 4.99. The van der Waals surface area contributed by atoms with Gasteiger partial charge in [-0.3, -0.25) is 9.69 Å². The highest BCUT2D eigenvalue weighted by Crippen LogP contribution is 2.25. The van der Waals surface area contributed by atoms with E-state index in [1.807, 2.05) is 73.7 Å². The number of nitrogens with zero attached hydrogens (tertiary/aromatic N) is 1. The van der Waals surface area contributed by atoms with Crippen LogP contribution in [-0.4, -0.2) is 30.2 Å². The van der Waals surface area contributed by atoms with Crippen molar-refractivity contribution < 1.29 is 4.79 Å². The molecule has 1 N–H and O–H groups in total. The van der Waals surface area contributed by atoms with Crippen molar-refractivity contribution in [1.82, 2.24) is 4.90 Å². The number of halogens is 1. The Morgan fingerprint density at radius 3 is 2.52 bits per heavy atom. The van der Waals surface area contributed by atoms with Crippen LogP contribution >= 0.6 is 23.4 Å². The predicted octanol–water partition coefficient (Wildman–Crippen LogP) is 4.52. The number of benzene rings is 2. The van der Waals surface area contributed by atoms with E-state index in [2.05, 4.69) is 5.32 Å². The van der Waals surface area contributed by atoms with Gasteiger partial charge in [-0.05, 0) is 50.1 Å². The number of para-hydroxylation sites is 1. The predicted molar refractivity (Wildman–Crippen MR) is 99.2 cm³/mol. The van der Waals surface area contributed by atoms with Crippen molar-refractivity contribution in [2.75, 3.05) is 18.6 Å². The van der Waals surface area contributed by atoms with Crippen molar-refractivity contribution in [3.05, 3.63) is 59.1 Å². The van der Waals surface area contributed by atoms with E-state index in [1.54, 1.807) is 11.8 Å². The highest BCUT2D eigenvalue weighted by atomic mass is 35.5. The van der Waals surface area contributed by atoms with Gasteiger partial charge < -0.3 is 5.32 Å². The number of hydrogen-bond acceptors (Lipinski definition) is 3. The molecule has 5 heteroatoms. The fourth-order valence-corrected chi connectivity index (χ4v) is 2.88. The lowest BCUT2D eigenvalue weighted by molar-refractivity contribution is -0.120. The second-order valence-electron chi connectivity index (χ2n) is 5.41. The molecule has 0 fully saturated rings. The maximum atomic E-state index is 12.5. The second-order valence-corrected chi connectivity index (χ2v) is 6.69. The molecule has 1 unspecified atom stereocenters. The van der Waals surface area contributed by atoms with Crippen molar-refractivity contribution in [2.24, 2.45) is 0 Å². The molecular weight excluding hydrogens is 328 g/mol. The molecule has 0 heterocycles. The quantitative estimate of drug-likeness (QED) is 0.779. The number of amides is 1. The first kappa shape index (κ1) is 17.9. The minimum Gasteiger partial charge on any atom is -0.324 e. The zero-order valence-corrected chi connectivity index (χ0v) is 15.1. The molecule has 3 nitrogen and oxygen atoms in total. The third-order valence-electron chi connectivity index (χ3n) is 3.75. The summed E-state index contributed by atoms with van der Waals surface area (Å²) >= 11 is 7.52. The molecule has 2 rings (SSSR count). The third-order valence-corrected chi connectivity index (χ3v) is 4.80. The number of carbonyl (C=O) groups excluding carboxylic acids is 1. The van der Waals surface area contributed by atoms with E-state index >= 15 is 0 Å². The molecule has 0 aliphatic heterocycles. The molecule has 0 radical (unpaired) electrons. The normalized spacial score (nSPS) is 12.2. The lowest BCUT2D eigenvalue weighted by atomic mass is 10.2. The maximum absolute atomic E-state index is 12.5. The van der Waals surface area contributed by atoms with Gasteiger partial charge in [0.25, 0.3) is 0 Å². The lowest BCUT2D eigenvalue weighted by Crippen LogP contribution is -2.39. The van der Waals surface area contributed by atoms with Gasteiger partial charge in [-0.25, -0.2) is 0 Å². The van der Waals surface area contributed by atoms with Crippen molar-refractivity contribution in [1.29, 1.82) is 0 Å². The zero-order chi connectivity index (χ0) is 16.8. The molecule has 2 aromatic carbocycles. The van der Waals surface area contributed by atoms with Crippen LogP contribution in [0.25, 0.3) is 0 Å². The Kier molecular flexibility index (Phi) is 6.51. The van der Waals surface area contributed by atoms with Gasteiger partial charge in [0.2, 0.25) is 5.91 Å². The zero-order valence-electron chi connectivity index (χ0n) is 13.5. The van der Waals surface area contributed by atoms with Crippen LogP contribution < -0.4 is 5.32 Å². The molecule has 0 saturated heterocycles. The highest BCUT2D eigenvalue weighted by molar-refractivity contribution is 7.98. The van der Waals surface area contributed by atoms with Crippen LogP contribution in [0.5, 0.6) is 0 Å². The lowest BCUT2D eigenvalue weighted by Gasteiger charge is -2.24. The molecule has 0 aliphatic rings.